The minimum absolute atomic E-state index is 0.632. The Morgan fingerprint density at radius 1 is 0.688 bits per heavy atom. The lowest BCUT2D eigenvalue weighted by atomic mass is 9.92. The summed E-state index contributed by atoms with van der Waals surface area (Å²) in [5.74, 6) is 0.632. The lowest BCUT2D eigenvalue weighted by Crippen LogP contribution is -2.40. The van der Waals surface area contributed by atoms with Crippen LogP contribution in [0.1, 0.15) is 19.4 Å². The number of pyridine rings is 1. The van der Waals surface area contributed by atoms with E-state index in [1.165, 1.54) is 48.6 Å². The Kier molecular flexibility index (Phi) is 5.14. The van der Waals surface area contributed by atoms with Crippen LogP contribution in [-0.4, -0.2) is 13.1 Å². The Bertz CT molecular complexity index is 1420. The minimum Gasteiger partial charge on any atom is -0.256 e. The van der Waals surface area contributed by atoms with Crippen LogP contribution < -0.4 is 5.19 Å². The molecule has 0 spiro atoms. The molecule has 0 saturated heterocycles. The molecule has 160 valence electrons. The molecule has 1 heterocycles. The van der Waals surface area contributed by atoms with Gasteiger partial charge in [-0.25, -0.2) is 0 Å². The molecule has 0 amide bonds. The van der Waals surface area contributed by atoms with E-state index in [4.69, 9.17) is 4.98 Å². The topological polar surface area (TPSA) is 12.9 Å². The molecule has 5 rings (SSSR count). The van der Waals surface area contributed by atoms with Gasteiger partial charge in [-0.15, -0.1) is 0 Å². The normalized spacial score (nSPS) is 12.3. The second kappa shape index (κ2) is 7.86. The first-order chi connectivity index (χ1) is 15.3. The Morgan fingerprint density at radius 2 is 1.22 bits per heavy atom. The summed E-state index contributed by atoms with van der Waals surface area (Å²) in [5.41, 5.74) is 3.76. The highest BCUT2D eigenvalue weighted by atomic mass is 28.3. The van der Waals surface area contributed by atoms with Gasteiger partial charge < -0.3 is 0 Å². The predicted octanol–water partition coefficient (Wildman–Crippen LogP) is 7.95. The van der Waals surface area contributed by atoms with Gasteiger partial charge in [-0.3, -0.25) is 4.98 Å². The zero-order valence-electron chi connectivity index (χ0n) is 19.7. The van der Waals surface area contributed by atoms with E-state index >= 15 is 0 Å². The van der Waals surface area contributed by atoms with Gasteiger partial charge in [0.2, 0.25) is 0 Å². The van der Waals surface area contributed by atoms with Crippen molar-refractivity contribution < 1.29 is 0 Å². The molecule has 0 aliphatic carbocycles. The lowest BCUT2D eigenvalue weighted by Gasteiger charge is -2.22. The molecule has 0 N–H and O–H groups in total. The van der Waals surface area contributed by atoms with E-state index in [0.29, 0.717) is 5.92 Å². The smallest absolute Gasteiger partial charge is 0.0799 e. The first-order valence-corrected chi connectivity index (χ1v) is 15.2. The number of fused-ring (bicyclic) bond motifs is 6. The molecule has 5 aromatic rings. The van der Waals surface area contributed by atoms with Gasteiger partial charge in [0.25, 0.3) is 0 Å². The number of benzene rings is 4. The van der Waals surface area contributed by atoms with Crippen LogP contribution in [0.3, 0.4) is 0 Å². The number of rotatable bonds is 4. The summed E-state index contributed by atoms with van der Waals surface area (Å²) in [4.78, 5) is 4.97. The molecule has 0 atom stereocenters. The average molecular weight is 434 g/mol. The van der Waals surface area contributed by atoms with Crippen LogP contribution in [0.25, 0.3) is 43.6 Å². The lowest BCUT2D eigenvalue weighted by molar-refractivity contribution is 0.649. The first-order valence-electron chi connectivity index (χ1n) is 11.7. The molecule has 0 unspecified atom stereocenters. The fourth-order valence-electron chi connectivity index (χ4n) is 5.01. The van der Waals surface area contributed by atoms with Gasteiger partial charge in [0.15, 0.2) is 0 Å². The summed E-state index contributed by atoms with van der Waals surface area (Å²) in [7, 11) is -1.44. The van der Waals surface area contributed by atoms with Crippen molar-refractivity contribution in [1.82, 2.24) is 4.98 Å². The largest absolute Gasteiger partial charge is 0.256 e. The predicted molar refractivity (Wildman–Crippen MR) is 144 cm³/mol. The fraction of sp³-hybridized carbons (Fsp3) is 0.233. The van der Waals surface area contributed by atoms with Crippen LogP contribution in [0.5, 0.6) is 0 Å². The summed E-state index contributed by atoms with van der Waals surface area (Å²) in [6.07, 6.45) is 3.28. The Morgan fingerprint density at radius 3 is 1.75 bits per heavy atom. The van der Waals surface area contributed by atoms with Crippen LogP contribution in [0, 0.1) is 5.92 Å². The Labute approximate surface area is 192 Å². The van der Waals surface area contributed by atoms with Gasteiger partial charge >= 0.3 is 0 Å². The summed E-state index contributed by atoms with van der Waals surface area (Å²) in [6.45, 7) is 11.9. The fourth-order valence-corrected chi connectivity index (χ4v) is 6.60. The van der Waals surface area contributed by atoms with Gasteiger partial charge in [-0.2, -0.15) is 0 Å². The summed E-state index contributed by atoms with van der Waals surface area (Å²) in [6, 6.07) is 26.8. The molecule has 0 fully saturated rings. The molecule has 0 aliphatic rings. The van der Waals surface area contributed by atoms with E-state index in [1.54, 1.807) is 0 Å². The molecule has 1 nitrogen and oxygen atoms in total. The Hall–Kier alpha value is -2.97. The Balaban J connectivity index is 1.76. The van der Waals surface area contributed by atoms with Crippen LogP contribution >= 0.6 is 0 Å². The van der Waals surface area contributed by atoms with Crippen molar-refractivity contribution in [2.75, 3.05) is 0 Å². The van der Waals surface area contributed by atoms with Crippen molar-refractivity contribution >= 4 is 45.6 Å². The first kappa shape index (κ1) is 20.9. The third-order valence-corrected chi connectivity index (χ3v) is 8.53. The molecule has 1 aromatic heterocycles. The molecule has 4 aromatic carbocycles. The van der Waals surface area contributed by atoms with Gasteiger partial charge in [0.05, 0.1) is 13.8 Å². The van der Waals surface area contributed by atoms with Crippen molar-refractivity contribution in [3.63, 3.8) is 0 Å². The highest BCUT2D eigenvalue weighted by Gasteiger charge is 2.22. The third kappa shape index (κ3) is 3.63. The van der Waals surface area contributed by atoms with E-state index < -0.39 is 8.07 Å². The SMILES string of the molecule is CC(C)Cc1cc(-c2ccc3c4ccccc4c4ccccc4c3c2)ncc1[Si](C)(C)C. The molecule has 0 aliphatic heterocycles. The van der Waals surface area contributed by atoms with E-state index in [1.807, 2.05) is 0 Å². The average Bonchev–Trinajstić information content (AvgIpc) is 2.78. The van der Waals surface area contributed by atoms with Gasteiger partial charge in [-0.1, -0.05) is 94.2 Å². The zero-order chi connectivity index (χ0) is 22.5. The van der Waals surface area contributed by atoms with Crippen molar-refractivity contribution in [2.45, 2.75) is 39.9 Å². The number of aromatic nitrogens is 1. The quantitative estimate of drug-likeness (QED) is 0.207. The van der Waals surface area contributed by atoms with Crippen LogP contribution in [-0.2, 0) is 6.42 Å². The summed E-state index contributed by atoms with van der Waals surface area (Å²) in [5, 5.41) is 9.37. The standard InChI is InChI=1S/C30H31NSi/c1-20(2)16-22-18-29(31-19-30(22)32(3,4)5)21-14-15-27-25-12-7-6-10-23(25)24-11-8-9-13-26(24)28(27)17-21/h6-15,17-20H,16H2,1-5H3. The van der Waals surface area contributed by atoms with Crippen LogP contribution in [0.15, 0.2) is 79.0 Å². The zero-order valence-corrected chi connectivity index (χ0v) is 20.7. The maximum Gasteiger partial charge on any atom is 0.0799 e. The second-order valence-corrected chi connectivity index (χ2v) is 15.5. The third-order valence-electron chi connectivity index (χ3n) is 6.47. The highest BCUT2D eigenvalue weighted by molar-refractivity contribution is 6.89. The number of nitrogens with zero attached hydrogens (tertiary/aromatic N) is 1. The molecular formula is C30H31NSi. The second-order valence-electron chi connectivity index (χ2n) is 10.4. The van der Waals surface area contributed by atoms with Gasteiger partial charge in [0.1, 0.15) is 0 Å². The van der Waals surface area contributed by atoms with Crippen LogP contribution in [0.4, 0.5) is 0 Å². The van der Waals surface area contributed by atoms with Gasteiger partial charge in [0, 0.05) is 11.8 Å². The molecule has 0 bridgehead atoms. The van der Waals surface area contributed by atoms with E-state index in [0.717, 1.165) is 12.1 Å². The van der Waals surface area contributed by atoms with E-state index in [9.17, 15) is 0 Å². The summed E-state index contributed by atoms with van der Waals surface area (Å²) >= 11 is 0. The number of hydrogen-bond donors (Lipinski definition) is 0. The number of hydrogen-bond acceptors (Lipinski definition) is 1. The van der Waals surface area contributed by atoms with Gasteiger partial charge in [-0.05, 0) is 67.5 Å². The molecule has 2 heteroatoms. The van der Waals surface area contributed by atoms with E-state index in [2.05, 4.69) is 112 Å². The maximum absolute atomic E-state index is 4.97. The minimum atomic E-state index is -1.44. The molecular weight excluding hydrogens is 402 g/mol. The molecule has 32 heavy (non-hydrogen) atoms. The van der Waals surface area contributed by atoms with Crippen molar-refractivity contribution in [3.8, 4) is 11.3 Å². The van der Waals surface area contributed by atoms with Crippen molar-refractivity contribution in [2.24, 2.45) is 5.92 Å². The van der Waals surface area contributed by atoms with E-state index in [-0.39, 0.29) is 0 Å². The maximum atomic E-state index is 4.97. The van der Waals surface area contributed by atoms with Crippen LogP contribution in [0.2, 0.25) is 19.6 Å². The monoisotopic (exact) mass is 433 g/mol. The molecule has 0 saturated carbocycles. The van der Waals surface area contributed by atoms with Crippen molar-refractivity contribution in [3.05, 3.63) is 84.6 Å². The van der Waals surface area contributed by atoms with Crippen molar-refractivity contribution in [1.29, 1.82) is 0 Å². The summed E-state index contributed by atoms with van der Waals surface area (Å²) < 4.78 is 0. The molecule has 0 radical (unpaired) electrons. The highest BCUT2D eigenvalue weighted by Crippen LogP contribution is 2.36.